The number of thiophene rings is 2. The maximum absolute atomic E-state index is 5.54. The molecule has 4 heteroatoms. The molecule has 0 fully saturated rings. The fourth-order valence-electron chi connectivity index (χ4n) is 1.55. The van der Waals surface area contributed by atoms with E-state index in [4.69, 9.17) is 5.84 Å². The van der Waals surface area contributed by atoms with Crippen molar-refractivity contribution in [2.45, 2.75) is 25.8 Å². The second-order valence-electron chi connectivity index (χ2n) is 3.31. The minimum Gasteiger partial charge on any atom is -0.271 e. The van der Waals surface area contributed by atoms with Crippen LogP contribution < -0.4 is 11.3 Å². The highest BCUT2D eigenvalue weighted by molar-refractivity contribution is 7.26. The van der Waals surface area contributed by atoms with Crippen LogP contribution in [-0.4, -0.2) is 0 Å². The summed E-state index contributed by atoms with van der Waals surface area (Å²) in [7, 11) is 0. The Kier molecular flexibility index (Phi) is 3.18. The Balaban J connectivity index is 2.27. The van der Waals surface area contributed by atoms with E-state index in [2.05, 4.69) is 29.9 Å². The molecule has 2 nitrogen and oxygen atoms in total. The quantitative estimate of drug-likeness (QED) is 0.620. The van der Waals surface area contributed by atoms with Gasteiger partial charge >= 0.3 is 0 Å². The van der Waals surface area contributed by atoms with E-state index in [-0.39, 0.29) is 0 Å². The van der Waals surface area contributed by atoms with Crippen LogP contribution in [0.3, 0.4) is 0 Å². The number of hydrogen-bond acceptors (Lipinski definition) is 4. The van der Waals surface area contributed by atoms with E-state index >= 15 is 0 Å². The summed E-state index contributed by atoms with van der Waals surface area (Å²) in [5, 5.41) is 2.13. The Bertz CT molecular complexity index is 376. The van der Waals surface area contributed by atoms with Gasteiger partial charge in [-0.25, -0.2) is 0 Å². The van der Waals surface area contributed by atoms with Crippen molar-refractivity contribution in [1.29, 1.82) is 0 Å². The predicted molar refractivity (Wildman–Crippen MR) is 64.7 cm³/mol. The third kappa shape index (κ3) is 1.83. The van der Waals surface area contributed by atoms with E-state index in [0.717, 1.165) is 12.8 Å². The van der Waals surface area contributed by atoms with Gasteiger partial charge in [-0.3, -0.25) is 11.3 Å². The van der Waals surface area contributed by atoms with Crippen LogP contribution in [0.4, 0.5) is 0 Å². The number of hydrazine groups is 1. The molecule has 2 heterocycles. The molecule has 0 aliphatic carbocycles. The van der Waals surface area contributed by atoms with Crippen LogP contribution in [0.15, 0.2) is 17.5 Å². The minimum atomic E-state index is 0.324. The van der Waals surface area contributed by atoms with E-state index < -0.39 is 0 Å². The predicted octanol–water partition coefficient (Wildman–Crippen LogP) is 3.27. The molecular formula is C10H14N2S2. The van der Waals surface area contributed by atoms with E-state index in [1.165, 1.54) is 14.3 Å². The Morgan fingerprint density at radius 2 is 2.36 bits per heavy atom. The van der Waals surface area contributed by atoms with E-state index in [1.54, 1.807) is 11.3 Å². The zero-order valence-electron chi connectivity index (χ0n) is 8.12. The first-order chi connectivity index (χ1) is 6.85. The lowest BCUT2D eigenvalue weighted by atomic mass is 10.1. The smallest absolute Gasteiger partial charge is 0.0553 e. The molecule has 3 N–H and O–H groups in total. The van der Waals surface area contributed by atoms with Gasteiger partial charge in [0.2, 0.25) is 0 Å². The zero-order chi connectivity index (χ0) is 9.97. The Hall–Kier alpha value is -0.420. The van der Waals surface area contributed by atoms with Crippen LogP contribution in [0.5, 0.6) is 0 Å². The van der Waals surface area contributed by atoms with Crippen molar-refractivity contribution in [3.63, 3.8) is 0 Å². The molecule has 0 amide bonds. The lowest BCUT2D eigenvalue weighted by Gasteiger charge is -2.11. The van der Waals surface area contributed by atoms with Crippen LogP contribution in [0.1, 0.15) is 30.7 Å². The summed E-state index contributed by atoms with van der Waals surface area (Å²) in [4.78, 5) is 1.36. The third-order valence-corrected chi connectivity index (χ3v) is 4.49. The molecule has 0 aliphatic heterocycles. The molecule has 0 saturated carbocycles. The summed E-state index contributed by atoms with van der Waals surface area (Å²) in [5.74, 6) is 5.54. The zero-order valence-corrected chi connectivity index (χ0v) is 9.75. The first-order valence-electron chi connectivity index (χ1n) is 4.78. The largest absolute Gasteiger partial charge is 0.271 e. The Morgan fingerprint density at radius 1 is 1.50 bits per heavy atom. The van der Waals surface area contributed by atoms with Crippen molar-refractivity contribution in [2.24, 2.45) is 5.84 Å². The van der Waals surface area contributed by atoms with Crippen molar-refractivity contribution < 1.29 is 0 Å². The van der Waals surface area contributed by atoms with Gasteiger partial charge in [0, 0.05) is 14.3 Å². The summed E-state index contributed by atoms with van der Waals surface area (Å²) in [6.45, 7) is 2.18. The van der Waals surface area contributed by atoms with Crippen molar-refractivity contribution in [3.8, 4) is 0 Å². The highest BCUT2D eigenvalue weighted by Crippen LogP contribution is 2.34. The monoisotopic (exact) mass is 226 g/mol. The van der Waals surface area contributed by atoms with Crippen molar-refractivity contribution >= 4 is 32.1 Å². The molecule has 0 bridgehead atoms. The van der Waals surface area contributed by atoms with Crippen molar-refractivity contribution in [1.82, 2.24) is 5.43 Å². The number of fused-ring (bicyclic) bond motifs is 1. The molecule has 1 unspecified atom stereocenters. The Labute approximate surface area is 91.7 Å². The standard InChI is InChI=1S/C10H14N2S2/c1-2-3-7(12-11)9-6-10-8(14-9)4-5-13-10/h4-7,12H,2-3,11H2,1H3. The van der Waals surface area contributed by atoms with E-state index in [1.807, 2.05) is 11.3 Å². The van der Waals surface area contributed by atoms with E-state index in [9.17, 15) is 0 Å². The van der Waals surface area contributed by atoms with E-state index in [0.29, 0.717) is 6.04 Å². The van der Waals surface area contributed by atoms with Crippen LogP contribution >= 0.6 is 22.7 Å². The molecule has 0 spiro atoms. The van der Waals surface area contributed by atoms with Gasteiger partial charge < -0.3 is 0 Å². The second kappa shape index (κ2) is 4.40. The topological polar surface area (TPSA) is 38.0 Å². The lowest BCUT2D eigenvalue weighted by Crippen LogP contribution is -2.27. The molecule has 2 aromatic rings. The first kappa shape index (κ1) is 10.1. The third-order valence-electron chi connectivity index (χ3n) is 2.28. The molecule has 2 rings (SSSR count). The number of rotatable bonds is 4. The molecule has 1 atom stereocenters. The van der Waals surface area contributed by atoms with Gasteiger partial charge in [-0.2, -0.15) is 0 Å². The summed E-state index contributed by atoms with van der Waals surface area (Å²) >= 11 is 3.64. The van der Waals surface area contributed by atoms with Crippen molar-refractivity contribution in [3.05, 3.63) is 22.4 Å². The SMILES string of the molecule is CCCC(NN)c1cc2sccc2s1. The van der Waals surface area contributed by atoms with Gasteiger partial charge in [-0.1, -0.05) is 13.3 Å². The second-order valence-corrected chi connectivity index (χ2v) is 5.37. The summed E-state index contributed by atoms with van der Waals surface area (Å²) < 4.78 is 2.75. The molecule has 2 aromatic heterocycles. The molecule has 14 heavy (non-hydrogen) atoms. The van der Waals surface area contributed by atoms with Gasteiger partial charge in [-0.05, 0) is 23.9 Å². The highest BCUT2D eigenvalue weighted by Gasteiger charge is 2.12. The van der Waals surface area contributed by atoms with Gasteiger partial charge in [0.05, 0.1) is 6.04 Å². The van der Waals surface area contributed by atoms with Crippen LogP contribution in [0, 0.1) is 0 Å². The number of nitrogens with one attached hydrogen (secondary N) is 1. The summed E-state index contributed by atoms with van der Waals surface area (Å²) in [6.07, 6.45) is 2.25. The fraction of sp³-hybridized carbons (Fsp3) is 0.400. The molecule has 0 aliphatic rings. The average molecular weight is 226 g/mol. The van der Waals surface area contributed by atoms with Gasteiger partial charge in [0.15, 0.2) is 0 Å². The minimum absolute atomic E-state index is 0.324. The lowest BCUT2D eigenvalue weighted by molar-refractivity contribution is 0.518. The number of hydrogen-bond donors (Lipinski definition) is 2. The van der Waals surface area contributed by atoms with Crippen LogP contribution in [-0.2, 0) is 0 Å². The van der Waals surface area contributed by atoms with Crippen LogP contribution in [0.2, 0.25) is 0 Å². The van der Waals surface area contributed by atoms with Crippen LogP contribution in [0.25, 0.3) is 9.40 Å². The fourth-order valence-corrected chi connectivity index (χ4v) is 3.77. The van der Waals surface area contributed by atoms with Crippen molar-refractivity contribution in [2.75, 3.05) is 0 Å². The molecule has 0 aromatic carbocycles. The highest BCUT2D eigenvalue weighted by atomic mass is 32.1. The summed E-state index contributed by atoms with van der Waals surface area (Å²) in [5.41, 5.74) is 2.89. The first-order valence-corrected chi connectivity index (χ1v) is 6.47. The molecule has 0 radical (unpaired) electrons. The van der Waals surface area contributed by atoms with Gasteiger partial charge in [0.1, 0.15) is 0 Å². The Morgan fingerprint density at radius 3 is 3.00 bits per heavy atom. The maximum atomic E-state index is 5.54. The maximum Gasteiger partial charge on any atom is 0.0553 e. The normalized spacial score (nSPS) is 13.6. The van der Waals surface area contributed by atoms with Gasteiger partial charge in [0.25, 0.3) is 0 Å². The molecule has 0 saturated heterocycles. The average Bonchev–Trinajstić information content (AvgIpc) is 2.73. The van der Waals surface area contributed by atoms with Gasteiger partial charge in [-0.15, -0.1) is 22.7 Å². The number of nitrogens with two attached hydrogens (primary N) is 1. The molecule has 76 valence electrons. The molecular weight excluding hydrogens is 212 g/mol. The summed E-state index contributed by atoms with van der Waals surface area (Å²) in [6, 6.07) is 4.75.